The van der Waals surface area contributed by atoms with E-state index in [0.29, 0.717) is 19.6 Å². The lowest BCUT2D eigenvalue weighted by Gasteiger charge is -2.12. The molecule has 1 fully saturated rings. The quantitative estimate of drug-likeness (QED) is 0.830. The summed E-state index contributed by atoms with van der Waals surface area (Å²) in [5.74, 6) is -1.22. The molecule has 0 unspecified atom stereocenters. The number of aliphatic carboxylic acids is 1. The Kier molecular flexibility index (Phi) is 4.27. The van der Waals surface area contributed by atoms with Gasteiger partial charge < -0.3 is 15.2 Å². The van der Waals surface area contributed by atoms with Crippen molar-refractivity contribution in [2.24, 2.45) is 11.8 Å². The van der Waals surface area contributed by atoms with E-state index in [-0.39, 0.29) is 11.8 Å². The van der Waals surface area contributed by atoms with Crippen molar-refractivity contribution < 1.29 is 19.4 Å². The van der Waals surface area contributed by atoms with E-state index in [9.17, 15) is 9.59 Å². The topological polar surface area (TPSA) is 75.6 Å². The lowest BCUT2D eigenvalue weighted by atomic mass is 10.1. The molecule has 2 atom stereocenters. The van der Waals surface area contributed by atoms with E-state index in [4.69, 9.17) is 9.84 Å². The number of hydrogen-bond donors (Lipinski definition) is 2. The third-order valence-electron chi connectivity index (χ3n) is 3.42. The van der Waals surface area contributed by atoms with Crippen molar-refractivity contribution in [3.8, 4) is 5.75 Å². The van der Waals surface area contributed by atoms with Crippen LogP contribution in [-0.4, -0.2) is 23.6 Å². The molecule has 1 aliphatic carbocycles. The SMILES string of the molecule is CCOc1cc(C)ccc1CNC(=O)[C@H]1C[C@@H]1C(=O)O. The Morgan fingerprint density at radius 2 is 2.15 bits per heavy atom. The molecule has 0 aromatic heterocycles. The van der Waals surface area contributed by atoms with Crippen molar-refractivity contribution in [3.05, 3.63) is 29.3 Å². The normalized spacial score (nSPS) is 20.3. The predicted molar refractivity (Wildman–Crippen MR) is 73.4 cm³/mol. The van der Waals surface area contributed by atoms with E-state index >= 15 is 0 Å². The summed E-state index contributed by atoms with van der Waals surface area (Å²) >= 11 is 0. The average molecular weight is 277 g/mol. The molecule has 1 aromatic carbocycles. The standard InChI is InChI=1S/C15H19NO4/c1-3-20-13-6-9(2)4-5-10(13)8-16-14(17)11-7-12(11)15(18)19/h4-6,11-12H,3,7-8H2,1-2H3,(H,16,17)(H,18,19)/t11-,12-/m0/s1. The molecule has 20 heavy (non-hydrogen) atoms. The van der Waals surface area contributed by atoms with Crippen LogP contribution in [0.5, 0.6) is 5.75 Å². The van der Waals surface area contributed by atoms with Crippen LogP contribution >= 0.6 is 0 Å². The van der Waals surface area contributed by atoms with E-state index < -0.39 is 11.9 Å². The van der Waals surface area contributed by atoms with Gasteiger partial charge in [0.1, 0.15) is 5.75 Å². The van der Waals surface area contributed by atoms with Crippen LogP contribution in [0.15, 0.2) is 18.2 Å². The fourth-order valence-corrected chi connectivity index (χ4v) is 2.17. The van der Waals surface area contributed by atoms with Gasteiger partial charge in [0.05, 0.1) is 18.4 Å². The van der Waals surface area contributed by atoms with Gasteiger partial charge in [0.2, 0.25) is 5.91 Å². The number of carboxylic acid groups (broad SMARTS) is 1. The van der Waals surface area contributed by atoms with Gasteiger partial charge >= 0.3 is 5.97 Å². The summed E-state index contributed by atoms with van der Waals surface area (Å²) in [6, 6.07) is 5.81. The number of hydrogen-bond acceptors (Lipinski definition) is 3. The van der Waals surface area contributed by atoms with Crippen LogP contribution in [0.3, 0.4) is 0 Å². The van der Waals surface area contributed by atoms with Gasteiger partial charge in [0.25, 0.3) is 0 Å². The van der Waals surface area contributed by atoms with Crippen LogP contribution in [0, 0.1) is 18.8 Å². The number of carboxylic acids is 1. The first-order valence-electron chi connectivity index (χ1n) is 6.75. The van der Waals surface area contributed by atoms with Crippen molar-refractivity contribution in [3.63, 3.8) is 0 Å². The number of carbonyl (C=O) groups is 2. The summed E-state index contributed by atoms with van der Waals surface area (Å²) in [7, 11) is 0. The van der Waals surface area contributed by atoms with Gasteiger partial charge in [0.15, 0.2) is 0 Å². The number of amides is 1. The fraction of sp³-hybridized carbons (Fsp3) is 0.467. The van der Waals surface area contributed by atoms with Crippen LogP contribution < -0.4 is 10.1 Å². The highest BCUT2D eigenvalue weighted by atomic mass is 16.5. The maximum Gasteiger partial charge on any atom is 0.307 e. The second-order valence-electron chi connectivity index (χ2n) is 5.05. The monoisotopic (exact) mass is 277 g/mol. The number of benzene rings is 1. The maximum absolute atomic E-state index is 11.8. The average Bonchev–Trinajstić information content (AvgIpc) is 3.18. The lowest BCUT2D eigenvalue weighted by molar-refractivity contribution is -0.140. The predicted octanol–water partition coefficient (Wildman–Crippen LogP) is 1.73. The molecule has 1 aliphatic rings. The number of rotatable bonds is 6. The van der Waals surface area contributed by atoms with Gasteiger partial charge in [-0.2, -0.15) is 0 Å². The van der Waals surface area contributed by atoms with Crippen LogP contribution in [-0.2, 0) is 16.1 Å². The largest absolute Gasteiger partial charge is 0.494 e. The first-order valence-corrected chi connectivity index (χ1v) is 6.75. The zero-order valence-corrected chi connectivity index (χ0v) is 11.7. The molecule has 5 heteroatoms. The number of carbonyl (C=O) groups excluding carboxylic acids is 1. The Balaban J connectivity index is 1.94. The minimum atomic E-state index is -0.893. The van der Waals surface area contributed by atoms with Crippen molar-refractivity contribution in [2.75, 3.05) is 6.61 Å². The molecule has 0 saturated heterocycles. The third kappa shape index (κ3) is 3.29. The van der Waals surface area contributed by atoms with Crippen molar-refractivity contribution in [1.29, 1.82) is 0 Å². The summed E-state index contributed by atoms with van der Waals surface area (Å²) in [5, 5.41) is 11.6. The van der Waals surface area contributed by atoms with Crippen LogP contribution in [0.1, 0.15) is 24.5 Å². The van der Waals surface area contributed by atoms with E-state index in [0.717, 1.165) is 16.9 Å². The van der Waals surface area contributed by atoms with Crippen LogP contribution in [0.4, 0.5) is 0 Å². The highest BCUT2D eigenvalue weighted by molar-refractivity contribution is 5.89. The van der Waals surface area contributed by atoms with Gasteiger partial charge in [0, 0.05) is 12.1 Å². The first-order chi connectivity index (χ1) is 9.52. The summed E-state index contributed by atoms with van der Waals surface area (Å²) in [4.78, 5) is 22.5. The third-order valence-corrected chi connectivity index (χ3v) is 3.42. The maximum atomic E-state index is 11.8. The van der Waals surface area contributed by atoms with E-state index in [1.165, 1.54) is 0 Å². The number of nitrogens with one attached hydrogen (secondary N) is 1. The van der Waals surface area contributed by atoms with Gasteiger partial charge in [-0.1, -0.05) is 12.1 Å². The minimum Gasteiger partial charge on any atom is -0.494 e. The molecule has 0 bridgehead atoms. The minimum absolute atomic E-state index is 0.194. The molecule has 2 N–H and O–H groups in total. The molecule has 0 heterocycles. The van der Waals surface area contributed by atoms with E-state index in [1.54, 1.807) is 0 Å². The molecular weight excluding hydrogens is 258 g/mol. The number of aryl methyl sites for hydroxylation is 1. The zero-order chi connectivity index (χ0) is 14.7. The van der Waals surface area contributed by atoms with Gasteiger partial charge in [-0.15, -0.1) is 0 Å². The van der Waals surface area contributed by atoms with Crippen molar-refractivity contribution in [1.82, 2.24) is 5.32 Å². The smallest absolute Gasteiger partial charge is 0.307 e. The first kappa shape index (κ1) is 14.4. The van der Waals surface area contributed by atoms with Gasteiger partial charge in [-0.05, 0) is 31.9 Å². The molecule has 1 aromatic rings. The molecule has 1 saturated carbocycles. The Labute approximate surface area is 117 Å². The molecule has 0 radical (unpaired) electrons. The van der Waals surface area contributed by atoms with Crippen LogP contribution in [0.25, 0.3) is 0 Å². The van der Waals surface area contributed by atoms with E-state index in [1.807, 2.05) is 32.0 Å². The molecule has 5 nitrogen and oxygen atoms in total. The van der Waals surface area contributed by atoms with Gasteiger partial charge in [-0.3, -0.25) is 9.59 Å². The Morgan fingerprint density at radius 3 is 2.75 bits per heavy atom. The summed E-state index contributed by atoms with van der Waals surface area (Å²) in [6.07, 6.45) is 0.438. The summed E-state index contributed by atoms with van der Waals surface area (Å²) in [6.45, 7) is 4.81. The summed E-state index contributed by atoms with van der Waals surface area (Å²) < 4.78 is 5.54. The van der Waals surface area contributed by atoms with E-state index in [2.05, 4.69) is 5.32 Å². The zero-order valence-electron chi connectivity index (χ0n) is 11.7. The highest BCUT2D eigenvalue weighted by Crippen LogP contribution is 2.38. The van der Waals surface area contributed by atoms with Crippen molar-refractivity contribution in [2.45, 2.75) is 26.8 Å². The number of ether oxygens (including phenoxy) is 1. The second-order valence-corrected chi connectivity index (χ2v) is 5.05. The van der Waals surface area contributed by atoms with Crippen LogP contribution in [0.2, 0.25) is 0 Å². The lowest BCUT2D eigenvalue weighted by Crippen LogP contribution is -2.26. The van der Waals surface area contributed by atoms with Gasteiger partial charge in [-0.25, -0.2) is 0 Å². The summed E-state index contributed by atoms with van der Waals surface area (Å²) in [5.41, 5.74) is 2.00. The molecule has 1 amide bonds. The molecule has 0 aliphatic heterocycles. The second kappa shape index (κ2) is 5.94. The molecule has 2 rings (SSSR count). The Bertz CT molecular complexity index is 527. The molecular formula is C15H19NO4. The Hall–Kier alpha value is -2.04. The highest BCUT2D eigenvalue weighted by Gasteiger charge is 2.48. The van der Waals surface area contributed by atoms with Crippen molar-refractivity contribution >= 4 is 11.9 Å². The molecule has 108 valence electrons. The molecule has 0 spiro atoms. The fourth-order valence-electron chi connectivity index (χ4n) is 2.17. The Morgan fingerprint density at radius 1 is 1.40 bits per heavy atom.